The summed E-state index contributed by atoms with van der Waals surface area (Å²) in [4.78, 5) is 16.3. The average Bonchev–Trinajstić information content (AvgIpc) is 3.34. The number of nitrogens with one attached hydrogen (secondary N) is 1. The van der Waals surface area contributed by atoms with Gasteiger partial charge in [-0.15, -0.1) is 5.10 Å². The van der Waals surface area contributed by atoms with Crippen LogP contribution in [0.2, 0.25) is 5.02 Å². The van der Waals surface area contributed by atoms with Crippen LogP contribution in [0.3, 0.4) is 0 Å². The van der Waals surface area contributed by atoms with Crippen LogP contribution in [0.25, 0.3) is 17.2 Å². The maximum atomic E-state index is 13.3. The quantitative estimate of drug-likeness (QED) is 0.563. The van der Waals surface area contributed by atoms with Crippen molar-refractivity contribution in [2.45, 2.75) is 6.92 Å². The Balaban J connectivity index is 1.53. The van der Waals surface area contributed by atoms with Gasteiger partial charge >= 0.3 is 11.8 Å². The maximum Gasteiger partial charge on any atom is 0.316 e. The maximum absolute atomic E-state index is 13.3. The Morgan fingerprint density at radius 1 is 1.25 bits per heavy atom. The third kappa shape index (κ3) is 3.60. The van der Waals surface area contributed by atoms with Crippen LogP contribution in [0, 0.1) is 12.7 Å². The van der Waals surface area contributed by atoms with Gasteiger partial charge in [-0.05, 0) is 48.9 Å². The molecule has 1 N–H and O–H groups in total. The number of halogens is 2. The highest BCUT2D eigenvalue weighted by Crippen LogP contribution is 2.18. The number of hydrogen-bond donors (Lipinski definition) is 1. The average molecular weight is 399 g/mol. The van der Waals surface area contributed by atoms with Gasteiger partial charge in [-0.3, -0.25) is 4.79 Å². The van der Waals surface area contributed by atoms with Crippen LogP contribution >= 0.6 is 11.6 Å². The minimum Gasteiger partial charge on any atom is -0.328 e. The highest BCUT2D eigenvalue weighted by Gasteiger charge is 2.19. The molecule has 0 atom stereocenters. The van der Waals surface area contributed by atoms with Crippen molar-refractivity contribution in [3.8, 4) is 17.2 Å². The molecule has 0 saturated carbocycles. The fourth-order valence-electron chi connectivity index (χ4n) is 2.44. The van der Waals surface area contributed by atoms with Gasteiger partial charge in [-0.2, -0.15) is 4.98 Å². The zero-order chi connectivity index (χ0) is 19.7. The second kappa shape index (κ2) is 7.20. The molecule has 0 aliphatic carbocycles. The first-order valence-electron chi connectivity index (χ1n) is 8.09. The van der Waals surface area contributed by atoms with E-state index in [2.05, 4.69) is 25.8 Å². The Labute approximate surface area is 162 Å². The summed E-state index contributed by atoms with van der Waals surface area (Å²) in [6, 6.07) is 11.3. The predicted octanol–water partition coefficient (Wildman–Crippen LogP) is 3.67. The summed E-state index contributed by atoms with van der Waals surface area (Å²) in [6.45, 7) is 1.60. The first-order valence-corrected chi connectivity index (χ1v) is 8.47. The second-order valence-corrected chi connectivity index (χ2v) is 6.31. The monoisotopic (exact) mass is 398 g/mol. The molecule has 140 valence electrons. The van der Waals surface area contributed by atoms with Gasteiger partial charge in [0.15, 0.2) is 5.69 Å². The Morgan fingerprint density at radius 3 is 2.89 bits per heavy atom. The highest BCUT2D eigenvalue weighted by atomic mass is 35.5. The van der Waals surface area contributed by atoms with Crippen molar-refractivity contribution < 1.29 is 13.7 Å². The van der Waals surface area contributed by atoms with E-state index in [0.717, 1.165) is 0 Å². The van der Waals surface area contributed by atoms with Gasteiger partial charge in [0, 0.05) is 10.7 Å². The molecule has 0 spiro atoms. The van der Waals surface area contributed by atoms with Crippen LogP contribution in [0.5, 0.6) is 0 Å². The number of carbonyl (C=O) groups is 1. The molecular formula is C18H12ClFN6O2. The number of carbonyl (C=O) groups excluding carboxylic acids is 1. The van der Waals surface area contributed by atoms with E-state index in [-0.39, 0.29) is 17.5 Å². The number of nitrogens with zero attached hydrogens (tertiary/aromatic N) is 5. The first-order chi connectivity index (χ1) is 13.5. The number of hydrogen-bond acceptors (Lipinski definition) is 6. The minimum atomic E-state index is -0.619. The molecule has 28 heavy (non-hydrogen) atoms. The lowest BCUT2D eigenvalue weighted by Crippen LogP contribution is -2.12. The molecule has 2 heterocycles. The fourth-order valence-corrected chi connectivity index (χ4v) is 2.62. The molecule has 8 nitrogen and oxygen atoms in total. The molecule has 0 saturated heterocycles. The van der Waals surface area contributed by atoms with E-state index in [4.69, 9.17) is 16.1 Å². The smallest absolute Gasteiger partial charge is 0.316 e. The molecule has 0 fully saturated rings. The summed E-state index contributed by atoms with van der Waals surface area (Å²) >= 11 is 5.98. The molecule has 2 aromatic heterocycles. The van der Waals surface area contributed by atoms with E-state index in [1.54, 1.807) is 31.3 Å². The van der Waals surface area contributed by atoms with E-state index in [9.17, 15) is 9.18 Å². The highest BCUT2D eigenvalue weighted by molar-refractivity contribution is 6.30. The Kier molecular flexibility index (Phi) is 4.58. The van der Waals surface area contributed by atoms with Gasteiger partial charge in [0.1, 0.15) is 5.82 Å². The van der Waals surface area contributed by atoms with Crippen LogP contribution in [0.1, 0.15) is 16.2 Å². The molecule has 0 aliphatic rings. The zero-order valence-electron chi connectivity index (χ0n) is 14.4. The van der Waals surface area contributed by atoms with Crippen LogP contribution in [0.15, 0.2) is 53.2 Å². The van der Waals surface area contributed by atoms with Gasteiger partial charge in [-0.1, -0.05) is 28.0 Å². The molecule has 4 rings (SSSR count). The lowest BCUT2D eigenvalue weighted by Gasteiger charge is -2.03. The van der Waals surface area contributed by atoms with Gasteiger partial charge < -0.3 is 9.84 Å². The third-order valence-corrected chi connectivity index (χ3v) is 4.07. The van der Waals surface area contributed by atoms with Crippen LogP contribution in [-0.2, 0) is 0 Å². The zero-order valence-corrected chi connectivity index (χ0v) is 15.2. The van der Waals surface area contributed by atoms with Crippen LogP contribution in [-0.4, -0.2) is 31.0 Å². The summed E-state index contributed by atoms with van der Waals surface area (Å²) in [6.07, 6.45) is 1.58. The van der Waals surface area contributed by atoms with Crippen molar-refractivity contribution in [2.75, 3.05) is 5.32 Å². The molecule has 10 heteroatoms. The number of aromatic nitrogens is 5. The second-order valence-electron chi connectivity index (χ2n) is 5.87. The van der Waals surface area contributed by atoms with Crippen molar-refractivity contribution in [2.24, 2.45) is 0 Å². The molecule has 0 unspecified atom stereocenters. The van der Waals surface area contributed by atoms with E-state index in [0.29, 0.717) is 27.7 Å². The number of aryl methyl sites for hydroxylation is 1. The van der Waals surface area contributed by atoms with Crippen molar-refractivity contribution in [3.63, 3.8) is 0 Å². The van der Waals surface area contributed by atoms with E-state index < -0.39 is 5.91 Å². The first kappa shape index (κ1) is 17.8. The summed E-state index contributed by atoms with van der Waals surface area (Å²) < 4.78 is 19.8. The number of benzene rings is 2. The minimum absolute atomic E-state index is 0.105. The SMILES string of the molecule is Cc1cc(NC(=O)c2nc(-c3cn(-c4cccc(Cl)c4)nn3)no2)ccc1F. The van der Waals surface area contributed by atoms with E-state index >= 15 is 0 Å². The fraction of sp³-hybridized carbons (Fsp3) is 0.0556. The van der Waals surface area contributed by atoms with Crippen LogP contribution < -0.4 is 5.32 Å². The summed E-state index contributed by atoms with van der Waals surface area (Å²) in [7, 11) is 0. The topological polar surface area (TPSA) is 98.7 Å². The number of anilines is 1. The van der Waals surface area contributed by atoms with E-state index in [1.165, 1.54) is 22.9 Å². The Bertz CT molecular complexity index is 1170. The summed E-state index contributed by atoms with van der Waals surface area (Å²) in [5.74, 6) is -1.13. The van der Waals surface area contributed by atoms with Crippen molar-refractivity contribution in [3.05, 3.63) is 71.0 Å². The molecule has 0 radical (unpaired) electrons. The van der Waals surface area contributed by atoms with E-state index in [1.807, 2.05) is 6.07 Å². The molecule has 4 aromatic rings. The molecule has 1 amide bonds. The third-order valence-electron chi connectivity index (χ3n) is 3.83. The Hall–Kier alpha value is -3.59. The summed E-state index contributed by atoms with van der Waals surface area (Å²) in [5, 5.41) is 14.9. The normalized spacial score (nSPS) is 10.8. The predicted molar refractivity (Wildman–Crippen MR) is 98.8 cm³/mol. The standard InChI is InChI=1S/C18H12ClFN6O2/c1-10-7-12(5-6-14(10)20)21-17(27)18-22-16(24-28-18)15-9-26(25-23-15)13-4-2-3-11(19)8-13/h2-9H,1H3,(H,21,27). The molecule has 2 aromatic carbocycles. The van der Waals surface area contributed by atoms with Gasteiger partial charge in [0.2, 0.25) is 5.82 Å². The Morgan fingerprint density at radius 2 is 2.11 bits per heavy atom. The van der Waals surface area contributed by atoms with Gasteiger partial charge in [0.05, 0.1) is 11.9 Å². The molecule has 0 aliphatic heterocycles. The van der Waals surface area contributed by atoms with Gasteiger partial charge in [-0.25, -0.2) is 9.07 Å². The lowest BCUT2D eigenvalue weighted by atomic mass is 10.2. The largest absolute Gasteiger partial charge is 0.328 e. The van der Waals surface area contributed by atoms with Crippen molar-refractivity contribution in [1.29, 1.82) is 0 Å². The molecular weight excluding hydrogens is 387 g/mol. The number of rotatable bonds is 4. The lowest BCUT2D eigenvalue weighted by molar-refractivity contribution is 0.0981. The van der Waals surface area contributed by atoms with Crippen LogP contribution in [0.4, 0.5) is 10.1 Å². The molecule has 0 bridgehead atoms. The van der Waals surface area contributed by atoms with Crippen molar-refractivity contribution >= 4 is 23.2 Å². The number of amides is 1. The summed E-state index contributed by atoms with van der Waals surface area (Å²) in [5.41, 5.74) is 1.84. The van der Waals surface area contributed by atoms with Crippen molar-refractivity contribution in [1.82, 2.24) is 25.1 Å². The van der Waals surface area contributed by atoms with Gasteiger partial charge in [0.25, 0.3) is 0 Å².